The maximum atomic E-state index is 15.3. The van der Waals surface area contributed by atoms with Crippen molar-refractivity contribution in [2.75, 3.05) is 0 Å². The number of rotatable bonds is 6. The van der Waals surface area contributed by atoms with Crippen molar-refractivity contribution in [1.82, 2.24) is 0 Å². The third kappa shape index (κ3) is 3.81. The second kappa shape index (κ2) is 8.02. The normalized spacial score (nSPS) is 12.2. The average Bonchev–Trinajstić information content (AvgIpc) is 3.03. The van der Waals surface area contributed by atoms with Crippen molar-refractivity contribution in [3.63, 3.8) is 0 Å². The van der Waals surface area contributed by atoms with E-state index >= 15 is 4.39 Å². The van der Waals surface area contributed by atoms with Crippen LogP contribution in [0.3, 0.4) is 0 Å². The fraction of sp³-hybridized carbons (Fsp3) is 0.280. The SMILES string of the molecule is CCCCCCc1ccc2c(c1)Cc1c-2cc(F)c(-c2cc(F)cc(F)c2)c1F. The molecule has 0 N–H and O–H groups in total. The minimum absolute atomic E-state index is 0.132. The molecule has 0 atom stereocenters. The zero-order valence-electron chi connectivity index (χ0n) is 16.3. The highest BCUT2D eigenvalue weighted by atomic mass is 19.1. The van der Waals surface area contributed by atoms with Crippen LogP contribution in [0.4, 0.5) is 17.6 Å². The average molecular weight is 398 g/mol. The van der Waals surface area contributed by atoms with E-state index in [4.69, 9.17) is 0 Å². The van der Waals surface area contributed by atoms with E-state index < -0.39 is 23.3 Å². The van der Waals surface area contributed by atoms with E-state index in [1.165, 1.54) is 30.9 Å². The molecule has 29 heavy (non-hydrogen) atoms. The molecule has 0 nitrogen and oxygen atoms in total. The van der Waals surface area contributed by atoms with E-state index in [0.717, 1.165) is 36.1 Å². The fourth-order valence-electron chi connectivity index (χ4n) is 4.19. The van der Waals surface area contributed by atoms with E-state index in [9.17, 15) is 13.2 Å². The van der Waals surface area contributed by atoms with E-state index in [-0.39, 0.29) is 11.1 Å². The molecule has 0 fully saturated rings. The van der Waals surface area contributed by atoms with Crippen molar-refractivity contribution in [2.45, 2.75) is 45.4 Å². The predicted octanol–water partition coefficient (Wildman–Crippen LogP) is 7.60. The molecule has 0 heterocycles. The summed E-state index contributed by atoms with van der Waals surface area (Å²) in [5.74, 6) is -3.29. The first kappa shape index (κ1) is 19.7. The fourth-order valence-corrected chi connectivity index (χ4v) is 4.19. The van der Waals surface area contributed by atoms with Crippen LogP contribution in [-0.4, -0.2) is 0 Å². The summed E-state index contributed by atoms with van der Waals surface area (Å²) in [5.41, 5.74) is 3.38. The topological polar surface area (TPSA) is 0 Å². The first-order chi connectivity index (χ1) is 14.0. The van der Waals surface area contributed by atoms with Gasteiger partial charge in [-0.25, -0.2) is 17.6 Å². The molecule has 0 saturated carbocycles. The second-order valence-corrected chi connectivity index (χ2v) is 7.71. The number of fused-ring (bicyclic) bond motifs is 3. The zero-order chi connectivity index (χ0) is 20.5. The second-order valence-electron chi connectivity index (χ2n) is 7.71. The Balaban J connectivity index is 1.69. The number of hydrogen-bond donors (Lipinski definition) is 0. The number of benzene rings is 3. The summed E-state index contributed by atoms with van der Waals surface area (Å²) in [7, 11) is 0. The van der Waals surface area contributed by atoms with Crippen LogP contribution >= 0.6 is 0 Å². The molecule has 0 amide bonds. The molecular formula is C25H22F4. The van der Waals surface area contributed by atoms with E-state index in [2.05, 4.69) is 13.0 Å². The van der Waals surface area contributed by atoms with Gasteiger partial charge < -0.3 is 0 Å². The summed E-state index contributed by atoms with van der Waals surface area (Å²) in [6, 6.07) is 9.89. The number of halogens is 4. The predicted molar refractivity (Wildman–Crippen MR) is 108 cm³/mol. The van der Waals surface area contributed by atoms with Crippen LogP contribution < -0.4 is 0 Å². The first-order valence-corrected chi connectivity index (χ1v) is 10.1. The molecule has 0 bridgehead atoms. The lowest BCUT2D eigenvalue weighted by atomic mass is 9.97. The monoisotopic (exact) mass is 398 g/mol. The van der Waals surface area contributed by atoms with Gasteiger partial charge in [-0.15, -0.1) is 0 Å². The molecule has 0 spiro atoms. The highest BCUT2D eigenvalue weighted by molar-refractivity contribution is 5.81. The van der Waals surface area contributed by atoms with Crippen LogP contribution in [0, 0.1) is 23.3 Å². The third-order valence-corrected chi connectivity index (χ3v) is 5.62. The molecule has 0 saturated heterocycles. The van der Waals surface area contributed by atoms with Crippen molar-refractivity contribution in [1.29, 1.82) is 0 Å². The minimum atomic E-state index is -0.865. The van der Waals surface area contributed by atoms with E-state index in [1.807, 2.05) is 12.1 Å². The Hall–Kier alpha value is -2.62. The van der Waals surface area contributed by atoms with Gasteiger partial charge >= 0.3 is 0 Å². The molecule has 0 aliphatic heterocycles. The highest BCUT2D eigenvalue weighted by Crippen LogP contribution is 2.42. The van der Waals surface area contributed by atoms with Gasteiger partial charge in [-0.2, -0.15) is 0 Å². The Morgan fingerprint density at radius 2 is 1.55 bits per heavy atom. The molecule has 150 valence electrons. The molecule has 0 unspecified atom stereocenters. The molecule has 0 radical (unpaired) electrons. The van der Waals surface area contributed by atoms with Crippen molar-refractivity contribution in [3.8, 4) is 22.3 Å². The number of hydrogen-bond acceptors (Lipinski definition) is 0. The van der Waals surface area contributed by atoms with Crippen LogP contribution in [0.2, 0.25) is 0 Å². The maximum Gasteiger partial charge on any atom is 0.138 e. The summed E-state index contributed by atoms with van der Waals surface area (Å²) in [6.45, 7) is 2.17. The van der Waals surface area contributed by atoms with Crippen molar-refractivity contribution < 1.29 is 17.6 Å². The van der Waals surface area contributed by atoms with Crippen molar-refractivity contribution in [2.24, 2.45) is 0 Å². The molecular weight excluding hydrogens is 376 g/mol. The lowest BCUT2D eigenvalue weighted by Gasteiger charge is -2.11. The molecule has 3 aromatic rings. The molecule has 3 aromatic carbocycles. The van der Waals surface area contributed by atoms with Gasteiger partial charge in [0.15, 0.2) is 0 Å². The summed E-state index contributed by atoms with van der Waals surface area (Å²) < 4.78 is 57.2. The van der Waals surface area contributed by atoms with E-state index in [0.29, 0.717) is 23.6 Å². The highest BCUT2D eigenvalue weighted by Gasteiger charge is 2.27. The maximum absolute atomic E-state index is 15.3. The molecule has 1 aliphatic rings. The van der Waals surface area contributed by atoms with Gasteiger partial charge in [0, 0.05) is 18.1 Å². The Kier molecular flexibility index (Phi) is 5.44. The number of aryl methyl sites for hydroxylation is 1. The Morgan fingerprint density at radius 3 is 2.28 bits per heavy atom. The molecule has 4 heteroatoms. The van der Waals surface area contributed by atoms with Crippen molar-refractivity contribution >= 4 is 0 Å². The van der Waals surface area contributed by atoms with Crippen LogP contribution in [-0.2, 0) is 12.8 Å². The molecule has 1 aliphatic carbocycles. The van der Waals surface area contributed by atoms with Gasteiger partial charge in [0.1, 0.15) is 23.3 Å². The van der Waals surface area contributed by atoms with Gasteiger partial charge in [-0.3, -0.25) is 0 Å². The van der Waals surface area contributed by atoms with Gasteiger partial charge in [0.25, 0.3) is 0 Å². The Labute approximate surface area is 168 Å². The summed E-state index contributed by atoms with van der Waals surface area (Å²) >= 11 is 0. The third-order valence-electron chi connectivity index (χ3n) is 5.62. The Morgan fingerprint density at radius 1 is 0.793 bits per heavy atom. The van der Waals surface area contributed by atoms with E-state index in [1.54, 1.807) is 0 Å². The smallest absolute Gasteiger partial charge is 0.138 e. The standard InChI is InChI=1S/C25H22F4/c1-2-3-4-5-6-15-7-8-20-16(9-15)12-22-21(20)14-23(28)24(25(22)29)17-10-18(26)13-19(27)11-17/h7-11,13-14H,2-6,12H2,1H3. The van der Waals surface area contributed by atoms with Gasteiger partial charge in [0.2, 0.25) is 0 Å². The van der Waals surface area contributed by atoms with Crippen LogP contribution in [0.15, 0.2) is 42.5 Å². The van der Waals surface area contributed by atoms with Crippen molar-refractivity contribution in [3.05, 3.63) is 82.4 Å². The van der Waals surface area contributed by atoms with Crippen LogP contribution in [0.1, 0.15) is 49.3 Å². The van der Waals surface area contributed by atoms with Crippen LogP contribution in [0.5, 0.6) is 0 Å². The minimum Gasteiger partial charge on any atom is -0.207 e. The summed E-state index contributed by atoms with van der Waals surface area (Å²) in [5, 5.41) is 0. The zero-order valence-corrected chi connectivity index (χ0v) is 16.3. The Bertz CT molecular complexity index is 1050. The van der Waals surface area contributed by atoms with Gasteiger partial charge in [-0.1, -0.05) is 44.4 Å². The number of unbranched alkanes of at least 4 members (excludes halogenated alkanes) is 3. The first-order valence-electron chi connectivity index (χ1n) is 10.1. The van der Waals surface area contributed by atoms with Gasteiger partial charge in [0.05, 0.1) is 5.56 Å². The summed E-state index contributed by atoms with van der Waals surface area (Å²) in [4.78, 5) is 0. The van der Waals surface area contributed by atoms with Gasteiger partial charge in [-0.05, 0) is 58.9 Å². The lowest BCUT2D eigenvalue weighted by Crippen LogP contribution is -1.98. The molecule has 4 rings (SSSR count). The largest absolute Gasteiger partial charge is 0.207 e. The quantitative estimate of drug-likeness (QED) is 0.232. The van der Waals surface area contributed by atoms with Crippen LogP contribution in [0.25, 0.3) is 22.3 Å². The lowest BCUT2D eigenvalue weighted by molar-refractivity contribution is 0.575. The summed E-state index contributed by atoms with van der Waals surface area (Å²) in [6.07, 6.45) is 6.00. The molecule has 0 aromatic heterocycles.